The van der Waals surface area contributed by atoms with Gasteiger partial charge in [-0.15, -0.1) is 0 Å². The Morgan fingerprint density at radius 1 is 1.33 bits per heavy atom. The summed E-state index contributed by atoms with van der Waals surface area (Å²) < 4.78 is 5.40. The van der Waals surface area contributed by atoms with Gasteiger partial charge in [-0.25, -0.2) is 4.79 Å². The van der Waals surface area contributed by atoms with E-state index in [-0.39, 0.29) is 12.1 Å². The van der Waals surface area contributed by atoms with Crippen molar-refractivity contribution in [3.8, 4) is 0 Å². The van der Waals surface area contributed by atoms with E-state index in [2.05, 4.69) is 0 Å². The Bertz CT molecular complexity index is 368. The molecule has 0 saturated carbocycles. The van der Waals surface area contributed by atoms with Crippen molar-refractivity contribution < 1.29 is 19.7 Å². The number of hydrogen-bond donors (Lipinski definition) is 2. The van der Waals surface area contributed by atoms with Gasteiger partial charge in [-0.05, 0) is 33.7 Å². The van der Waals surface area contributed by atoms with Crippen molar-refractivity contribution in [1.82, 2.24) is 4.90 Å². The molecule has 0 spiro atoms. The fourth-order valence-corrected chi connectivity index (χ4v) is 2.91. The monoisotopic (exact) mass is 255 g/mol. The van der Waals surface area contributed by atoms with Gasteiger partial charge in [0.05, 0.1) is 12.1 Å². The molecule has 18 heavy (non-hydrogen) atoms. The van der Waals surface area contributed by atoms with Gasteiger partial charge in [0.15, 0.2) is 0 Å². The van der Waals surface area contributed by atoms with Gasteiger partial charge in [0, 0.05) is 11.6 Å². The number of carbonyl (C=O) groups is 1. The van der Waals surface area contributed by atoms with E-state index >= 15 is 0 Å². The number of hydrogen-bond acceptors (Lipinski definition) is 5. The van der Waals surface area contributed by atoms with Gasteiger partial charge in [0.25, 0.3) is 0 Å². The lowest BCUT2D eigenvalue weighted by Crippen LogP contribution is -2.45. The molecule has 2 fully saturated rings. The van der Waals surface area contributed by atoms with Gasteiger partial charge in [-0.1, -0.05) is 6.08 Å². The third kappa shape index (κ3) is 2.18. The summed E-state index contributed by atoms with van der Waals surface area (Å²) in [5.41, 5.74) is 0.534. The second kappa shape index (κ2) is 4.99. The topological polar surface area (TPSA) is 70.0 Å². The highest BCUT2D eigenvalue weighted by Gasteiger charge is 2.52. The maximum absolute atomic E-state index is 11.8. The Labute approximate surface area is 107 Å². The number of rotatable bonds is 2. The van der Waals surface area contributed by atoms with E-state index in [1.807, 2.05) is 11.9 Å². The Morgan fingerprint density at radius 3 is 2.56 bits per heavy atom. The maximum Gasteiger partial charge on any atom is 0.333 e. The van der Waals surface area contributed by atoms with E-state index in [0.717, 1.165) is 0 Å². The van der Waals surface area contributed by atoms with Crippen molar-refractivity contribution in [2.24, 2.45) is 0 Å². The minimum absolute atomic E-state index is 0.0950. The summed E-state index contributed by atoms with van der Waals surface area (Å²) >= 11 is 0. The third-order valence-electron chi connectivity index (χ3n) is 4.18. The van der Waals surface area contributed by atoms with E-state index in [9.17, 15) is 15.0 Å². The van der Waals surface area contributed by atoms with Crippen LogP contribution in [0.15, 0.2) is 11.6 Å². The van der Waals surface area contributed by atoms with Crippen LogP contribution in [0.4, 0.5) is 0 Å². The van der Waals surface area contributed by atoms with Crippen molar-refractivity contribution in [1.29, 1.82) is 0 Å². The predicted octanol–water partition coefficient (Wildman–Crippen LogP) is 0.0626. The molecule has 0 aromatic heterocycles. The number of nitrogens with zero attached hydrogens (tertiary/aromatic N) is 1. The molecule has 0 radical (unpaired) electrons. The average molecular weight is 255 g/mol. The minimum atomic E-state index is -0.717. The average Bonchev–Trinajstić information content (AvgIpc) is 2.49. The van der Waals surface area contributed by atoms with Crippen molar-refractivity contribution in [2.75, 3.05) is 7.05 Å². The molecule has 2 bridgehead atoms. The molecule has 2 aliphatic heterocycles. The number of carbonyl (C=O) groups excluding carboxylic acids is 1. The summed E-state index contributed by atoms with van der Waals surface area (Å²) in [6, 6.07) is -0.218. The predicted molar refractivity (Wildman–Crippen MR) is 65.9 cm³/mol. The van der Waals surface area contributed by atoms with E-state index in [1.54, 1.807) is 19.9 Å². The molecule has 0 unspecified atom stereocenters. The van der Waals surface area contributed by atoms with Crippen molar-refractivity contribution in [3.63, 3.8) is 0 Å². The van der Waals surface area contributed by atoms with Gasteiger partial charge in [0.2, 0.25) is 0 Å². The second-order valence-electron chi connectivity index (χ2n) is 5.26. The number of fused-ring (bicyclic) bond motifs is 2. The van der Waals surface area contributed by atoms with Crippen LogP contribution in [-0.2, 0) is 9.53 Å². The highest BCUT2D eigenvalue weighted by atomic mass is 16.6. The van der Waals surface area contributed by atoms with Crippen LogP contribution in [0.2, 0.25) is 0 Å². The van der Waals surface area contributed by atoms with E-state index < -0.39 is 24.3 Å². The lowest BCUT2D eigenvalue weighted by molar-refractivity contribution is -0.149. The lowest BCUT2D eigenvalue weighted by atomic mass is 10.0. The first kappa shape index (κ1) is 13.5. The standard InChI is InChI=1S/C13H21NO4/c1-4-7(2)13(17)18-12-10-6-8(15)5-9(11(12)16)14(10)3/h4,8-12,15-16H,5-6H2,1-3H3/t8-,9+,10-,11-,12-/m1/s1. The molecule has 0 aliphatic carbocycles. The lowest BCUT2D eigenvalue weighted by Gasteiger charge is -2.34. The van der Waals surface area contributed by atoms with E-state index in [4.69, 9.17) is 4.74 Å². The first-order valence-electron chi connectivity index (χ1n) is 6.37. The van der Waals surface area contributed by atoms with Crippen LogP contribution in [0.5, 0.6) is 0 Å². The molecule has 102 valence electrons. The van der Waals surface area contributed by atoms with Gasteiger partial charge in [0.1, 0.15) is 12.2 Å². The first-order valence-corrected chi connectivity index (χ1v) is 6.37. The first-order chi connectivity index (χ1) is 8.45. The third-order valence-corrected chi connectivity index (χ3v) is 4.18. The highest BCUT2D eigenvalue weighted by Crippen LogP contribution is 2.36. The van der Waals surface area contributed by atoms with Crippen LogP contribution in [0, 0.1) is 0 Å². The van der Waals surface area contributed by atoms with Crippen molar-refractivity contribution >= 4 is 5.97 Å². The SMILES string of the molecule is CC=C(C)C(=O)O[C@H]1[C@H](O)[C@@H]2C[C@@H](O)C[C@H]1N2C. The Hall–Kier alpha value is -0.910. The van der Waals surface area contributed by atoms with Crippen LogP contribution in [0.1, 0.15) is 26.7 Å². The molecule has 2 rings (SSSR count). The highest BCUT2D eigenvalue weighted by molar-refractivity contribution is 5.87. The molecule has 2 saturated heterocycles. The van der Waals surface area contributed by atoms with E-state index in [1.165, 1.54) is 0 Å². The minimum Gasteiger partial charge on any atom is -0.455 e. The number of aliphatic hydroxyl groups excluding tert-OH is 2. The molecular weight excluding hydrogens is 234 g/mol. The van der Waals surface area contributed by atoms with Crippen LogP contribution in [0.3, 0.4) is 0 Å². The second-order valence-corrected chi connectivity index (χ2v) is 5.26. The van der Waals surface area contributed by atoms with Gasteiger partial charge in [-0.2, -0.15) is 0 Å². The zero-order chi connectivity index (χ0) is 13.4. The normalized spacial score (nSPS) is 40.9. The number of likely N-dealkylation sites (N-methyl/N-ethyl adjacent to an activating group) is 1. The zero-order valence-corrected chi connectivity index (χ0v) is 11.0. The molecule has 0 aromatic rings. The van der Waals surface area contributed by atoms with E-state index in [0.29, 0.717) is 18.4 Å². The molecule has 2 N–H and O–H groups in total. The van der Waals surface area contributed by atoms with Crippen LogP contribution in [0.25, 0.3) is 0 Å². The Kier molecular flexibility index (Phi) is 3.75. The Balaban J connectivity index is 2.12. The van der Waals surface area contributed by atoms with Crippen LogP contribution < -0.4 is 0 Å². The summed E-state index contributed by atoms with van der Waals surface area (Å²) in [7, 11) is 1.90. The largest absolute Gasteiger partial charge is 0.455 e. The van der Waals surface area contributed by atoms with Gasteiger partial charge < -0.3 is 14.9 Å². The number of ether oxygens (including phenoxy) is 1. The number of aliphatic hydroxyl groups is 2. The smallest absolute Gasteiger partial charge is 0.333 e. The molecule has 2 heterocycles. The molecule has 5 heteroatoms. The van der Waals surface area contributed by atoms with Crippen LogP contribution >= 0.6 is 0 Å². The fourth-order valence-electron chi connectivity index (χ4n) is 2.91. The molecular formula is C13H21NO4. The number of esters is 1. The number of piperidine rings is 1. The molecule has 0 aromatic carbocycles. The quantitative estimate of drug-likeness (QED) is 0.539. The van der Waals surface area contributed by atoms with Crippen molar-refractivity contribution in [2.45, 2.75) is 57.1 Å². The van der Waals surface area contributed by atoms with Crippen LogP contribution in [-0.4, -0.2) is 58.5 Å². The maximum atomic E-state index is 11.8. The summed E-state index contributed by atoms with van der Waals surface area (Å²) in [4.78, 5) is 13.8. The molecule has 5 atom stereocenters. The van der Waals surface area contributed by atoms with Gasteiger partial charge in [-0.3, -0.25) is 4.90 Å². The summed E-state index contributed by atoms with van der Waals surface area (Å²) in [6.07, 6.45) is 1.08. The fraction of sp³-hybridized carbons (Fsp3) is 0.769. The zero-order valence-electron chi connectivity index (χ0n) is 11.0. The van der Waals surface area contributed by atoms with Crippen molar-refractivity contribution in [3.05, 3.63) is 11.6 Å². The summed E-state index contributed by atoms with van der Waals surface area (Å²) in [5, 5.41) is 19.9. The Morgan fingerprint density at radius 2 is 1.94 bits per heavy atom. The molecule has 2 aliphatic rings. The summed E-state index contributed by atoms with van der Waals surface area (Å²) in [6.45, 7) is 3.46. The molecule has 5 nitrogen and oxygen atoms in total. The molecule has 0 amide bonds. The summed E-state index contributed by atoms with van der Waals surface area (Å²) in [5.74, 6) is -0.392. The number of allylic oxidation sites excluding steroid dienone is 1. The van der Waals surface area contributed by atoms with Gasteiger partial charge >= 0.3 is 5.97 Å².